The monoisotopic (exact) mass is 124 g/mol. The summed E-state index contributed by atoms with van der Waals surface area (Å²) >= 11 is -1.59. The quantitative estimate of drug-likeness (QED) is 0.429. The molecule has 0 N–H and O–H groups in total. The van der Waals surface area contributed by atoms with Crippen molar-refractivity contribution in [2.24, 2.45) is 0 Å². The molecule has 0 radical (unpaired) electrons. The molecule has 0 aromatic heterocycles. The zero-order valence-electron chi connectivity index (χ0n) is 4.49. The molecule has 1 heterocycles. The summed E-state index contributed by atoms with van der Waals surface area (Å²) in [6, 6.07) is 0. The number of rotatable bonds is 0. The van der Waals surface area contributed by atoms with Gasteiger partial charge in [0.15, 0.2) is 0 Å². The summed E-state index contributed by atoms with van der Waals surface area (Å²) in [7, 11) is 0. The molecule has 0 bridgehead atoms. The third kappa shape index (κ3) is 3.16. The maximum absolute atomic E-state index is 12.3. The Kier molecular flexibility index (Phi) is 5.54. The molecule has 1 aliphatic heterocycles. The standard InChI is InChI=1S/C5H10.Al.FH.Li.H/c1-3-5-4-2;;;;/h1-5H2;;1H;;/q;+1;;;/p-1. The summed E-state index contributed by atoms with van der Waals surface area (Å²) < 4.78 is 12.3. The van der Waals surface area contributed by atoms with Crippen molar-refractivity contribution in [3.63, 3.8) is 0 Å². The van der Waals surface area contributed by atoms with Gasteiger partial charge in [-0.2, -0.15) is 0 Å². The van der Waals surface area contributed by atoms with Gasteiger partial charge in [-0.05, 0) is 0 Å². The molecule has 0 amide bonds. The van der Waals surface area contributed by atoms with E-state index in [1.807, 2.05) is 0 Å². The Morgan fingerprint density at radius 3 is 1.75 bits per heavy atom. The summed E-state index contributed by atoms with van der Waals surface area (Å²) in [5.41, 5.74) is 0. The van der Waals surface area contributed by atoms with Gasteiger partial charge in [0.1, 0.15) is 0 Å². The molecule has 3 heteroatoms. The summed E-state index contributed by atoms with van der Waals surface area (Å²) in [6.07, 6.45) is 3.63. The molecule has 0 spiro atoms. The van der Waals surface area contributed by atoms with Gasteiger partial charge in [-0.3, -0.25) is 0 Å². The summed E-state index contributed by atoms with van der Waals surface area (Å²) in [6.45, 7) is 0. The van der Waals surface area contributed by atoms with E-state index in [0.717, 1.165) is 10.6 Å². The van der Waals surface area contributed by atoms with Gasteiger partial charge in [-0.1, -0.05) is 29.8 Å². The van der Waals surface area contributed by atoms with Crippen LogP contribution in [-0.2, 0) is 0 Å². The van der Waals surface area contributed by atoms with Gasteiger partial charge < -0.3 is 3.52 Å². The third-order valence-corrected chi connectivity index (χ3v) is 3.60. The number of hydrogen-bond acceptors (Lipinski definition) is 0. The zero-order chi connectivity index (χ0) is 5.11. The molecule has 42 valence electrons. The van der Waals surface area contributed by atoms with Gasteiger partial charge in [-0.25, -0.2) is 0 Å². The second-order valence-corrected chi connectivity index (χ2v) is 4.58. The van der Waals surface area contributed by atoms with Crippen molar-refractivity contribution in [3.8, 4) is 0 Å². The molecule has 1 saturated heterocycles. The van der Waals surface area contributed by atoms with Crippen molar-refractivity contribution >= 4 is 33.5 Å². The van der Waals surface area contributed by atoms with Crippen LogP contribution in [-0.4, -0.2) is 33.5 Å². The SMILES string of the molecule is [F][Al]1[CH2]CCC[CH2]1.[LiH]. The first-order valence-electron chi connectivity index (χ1n) is 3.03. The van der Waals surface area contributed by atoms with Gasteiger partial charge in [0, 0.05) is 0 Å². The first-order chi connectivity index (χ1) is 3.39. The number of halogens is 1. The molecule has 0 aromatic carbocycles. The van der Waals surface area contributed by atoms with Gasteiger partial charge in [0.05, 0.1) is 0 Å². The Balaban J connectivity index is 0.000000490. The van der Waals surface area contributed by atoms with Gasteiger partial charge in [0.2, 0.25) is 0 Å². The van der Waals surface area contributed by atoms with Crippen LogP contribution in [0.25, 0.3) is 0 Å². The van der Waals surface area contributed by atoms with Crippen LogP contribution in [0.15, 0.2) is 0 Å². The predicted octanol–water partition coefficient (Wildman–Crippen LogP) is 1.48. The Labute approximate surface area is 66.9 Å². The first-order valence-corrected chi connectivity index (χ1v) is 5.10. The van der Waals surface area contributed by atoms with Crippen LogP contribution in [0.5, 0.6) is 0 Å². The van der Waals surface area contributed by atoms with E-state index in [1.165, 1.54) is 19.3 Å². The molecular weight excluding hydrogens is 113 g/mol. The molecule has 0 unspecified atom stereocenters. The summed E-state index contributed by atoms with van der Waals surface area (Å²) in [5, 5.41) is 1.92. The van der Waals surface area contributed by atoms with Crippen LogP contribution in [0, 0.1) is 0 Å². The molecule has 0 saturated carbocycles. The maximum atomic E-state index is 12.3. The van der Waals surface area contributed by atoms with Crippen molar-refractivity contribution in [3.05, 3.63) is 0 Å². The van der Waals surface area contributed by atoms with E-state index in [2.05, 4.69) is 0 Å². The van der Waals surface area contributed by atoms with E-state index in [-0.39, 0.29) is 18.9 Å². The molecule has 0 aromatic rings. The van der Waals surface area contributed by atoms with Crippen LogP contribution >= 0.6 is 0 Å². The summed E-state index contributed by atoms with van der Waals surface area (Å²) in [4.78, 5) is 0. The van der Waals surface area contributed by atoms with Crippen LogP contribution in [0.4, 0.5) is 3.52 Å². The average Bonchev–Trinajstić information content (AvgIpc) is 1.69. The Morgan fingerprint density at radius 1 is 1.00 bits per heavy atom. The van der Waals surface area contributed by atoms with Crippen molar-refractivity contribution in [2.45, 2.75) is 29.8 Å². The van der Waals surface area contributed by atoms with Gasteiger partial charge >= 0.3 is 33.5 Å². The van der Waals surface area contributed by atoms with Gasteiger partial charge in [0.25, 0.3) is 0 Å². The Bertz CT molecular complexity index is 54.4. The second-order valence-electron chi connectivity index (χ2n) is 2.24. The van der Waals surface area contributed by atoms with Gasteiger partial charge in [-0.15, -0.1) is 0 Å². The zero-order valence-corrected chi connectivity index (χ0v) is 5.65. The molecular formula is C5H11AlFLi. The third-order valence-electron chi connectivity index (χ3n) is 1.53. The van der Waals surface area contributed by atoms with E-state index in [0.29, 0.717) is 0 Å². The Morgan fingerprint density at radius 2 is 1.50 bits per heavy atom. The van der Waals surface area contributed by atoms with Crippen molar-refractivity contribution in [1.82, 2.24) is 0 Å². The molecule has 0 aliphatic carbocycles. The normalized spacial score (nSPS) is 19.9. The fourth-order valence-electron chi connectivity index (χ4n) is 1.05. The average molecular weight is 124 g/mol. The molecule has 8 heavy (non-hydrogen) atoms. The van der Waals surface area contributed by atoms with Crippen molar-refractivity contribution in [2.75, 3.05) is 0 Å². The predicted molar refractivity (Wildman–Crippen MR) is 37.5 cm³/mol. The first kappa shape index (κ1) is 9.06. The van der Waals surface area contributed by atoms with Crippen molar-refractivity contribution in [1.29, 1.82) is 0 Å². The van der Waals surface area contributed by atoms with Crippen LogP contribution in [0.1, 0.15) is 19.3 Å². The summed E-state index contributed by atoms with van der Waals surface area (Å²) in [5.74, 6) is 0. The Hall–Kier alpha value is 1.06. The fraction of sp³-hybridized carbons (Fsp3) is 1.00. The second kappa shape index (κ2) is 4.89. The van der Waals surface area contributed by atoms with Crippen LogP contribution < -0.4 is 0 Å². The fourth-order valence-corrected chi connectivity index (χ4v) is 2.80. The van der Waals surface area contributed by atoms with E-state index in [4.69, 9.17) is 0 Å². The minimum atomic E-state index is -1.59. The van der Waals surface area contributed by atoms with Crippen LogP contribution in [0.2, 0.25) is 10.6 Å². The number of hydrogen-bond donors (Lipinski definition) is 0. The van der Waals surface area contributed by atoms with E-state index >= 15 is 0 Å². The molecule has 0 nitrogen and oxygen atoms in total. The molecule has 0 atom stereocenters. The molecule has 1 fully saturated rings. The van der Waals surface area contributed by atoms with Crippen molar-refractivity contribution < 1.29 is 3.52 Å². The van der Waals surface area contributed by atoms with E-state index < -0.39 is 14.6 Å². The molecule has 1 rings (SSSR count). The topological polar surface area (TPSA) is 0 Å². The van der Waals surface area contributed by atoms with E-state index in [9.17, 15) is 3.52 Å². The van der Waals surface area contributed by atoms with E-state index in [1.54, 1.807) is 0 Å². The minimum absolute atomic E-state index is 0. The van der Waals surface area contributed by atoms with Crippen LogP contribution in [0.3, 0.4) is 0 Å². The molecule has 1 aliphatic rings.